The van der Waals surface area contributed by atoms with Crippen molar-refractivity contribution in [3.05, 3.63) is 33.6 Å². The van der Waals surface area contributed by atoms with Crippen LogP contribution in [0, 0.1) is 21.3 Å². The highest BCUT2D eigenvalue weighted by Crippen LogP contribution is 2.22. The zero-order valence-corrected chi connectivity index (χ0v) is 6.45. The van der Waals surface area contributed by atoms with Crippen LogP contribution in [0.5, 0.6) is 0 Å². The van der Waals surface area contributed by atoms with Crippen LogP contribution in [0.2, 0.25) is 0 Å². The first-order chi connectivity index (χ1) is 6.06. The molecule has 0 spiro atoms. The number of nitrogens with zero attached hydrogens (tertiary/aromatic N) is 1. The quantitative estimate of drug-likeness (QED) is 0.313. The molecule has 6 heteroatoms. The largest absolute Gasteiger partial charge is 0.398 e. The van der Waals surface area contributed by atoms with Gasteiger partial charge in [-0.25, -0.2) is 0 Å². The van der Waals surface area contributed by atoms with Gasteiger partial charge in [-0.05, 0) is 0 Å². The Labute approximate surface area is 72.6 Å². The Morgan fingerprint density at radius 3 is 2.69 bits per heavy atom. The fraction of sp³-hybridized carbons (Fsp3) is 0. The highest BCUT2D eigenvalue weighted by Gasteiger charge is 2.15. The first kappa shape index (κ1) is 9.11. The minimum Gasteiger partial charge on any atom is -0.398 e. The van der Waals surface area contributed by atoms with Gasteiger partial charge in [-0.15, -0.1) is 0 Å². The van der Waals surface area contributed by atoms with E-state index in [0.29, 0.717) is 0 Å². The average Bonchev–Trinajstić information content (AvgIpc) is 2.03. The smallest absolute Gasteiger partial charge is 0.305 e. The second kappa shape index (κ2) is 3.18. The fourth-order valence-corrected chi connectivity index (χ4v) is 0.858. The Morgan fingerprint density at radius 2 is 2.23 bits per heavy atom. The maximum absolute atomic E-state index is 12.8. The summed E-state index contributed by atoms with van der Waals surface area (Å²) in [5.41, 5.74) is 4.76. The second-order valence-corrected chi connectivity index (χ2v) is 2.33. The van der Waals surface area contributed by atoms with E-state index in [2.05, 4.69) is 0 Å². The summed E-state index contributed by atoms with van der Waals surface area (Å²) in [5, 5.41) is 17.1. The molecule has 0 fully saturated rings. The van der Waals surface area contributed by atoms with Crippen molar-refractivity contribution in [2.24, 2.45) is 0 Å². The summed E-state index contributed by atoms with van der Waals surface area (Å²) >= 11 is 0. The molecular formula is C7H6FN3O2. The number of halogens is 1. The van der Waals surface area contributed by atoms with Crippen molar-refractivity contribution in [2.45, 2.75) is 0 Å². The van der Waals surface area contributed by atoms with Gasteiger partial charge in [0.25, 0.3) is 0 Å². The normalized spacial score (nSPS) is 9.62. The van der Waals surface area contributed by atoms with Gasteiger partial charge in [-0.3, -0.25) is 10.1 Å². The van der Waals surface area contributed by atoms with E-state index in [1.54, 1.807) is 0 Å². The van der Waals surface area contributed by atoms with Gasteiger partial charge in [0.2, 0.25) is 5.82 Å². The molecule has 13 heavy (non-hydrogen) atoms. The highest BCUT2D eigenvalue weighted by molar-refractivity contribution is 5.86. The molecule has 1 rings (SSSR count). The van der Waals surface area contributed by atoms with Crippen LogP contribution in [-0.2, 0) is 0 Å². The van der Waals surface area contributed by atoms with E-state index in [1.165, 1.54) is 0 Å². The summed E-state index contributed by atoms with van der Waals surface area (Å²) in [6, 6.07) is 1.76. The highest BCUT2D eigenvalue weighted by atomic mass is 19.1. The lowest BCUT2D eigenvalue weighted by Gasteiger charge is -1.99. The minimum absolute atomic E-state index is 0.0121. The van der Waals surface area contributed by atoms with Crippen molar-refractivity contribution in [3.63, 3.8) is 0 Å². The zero-order chi connectivity index (χ0) is 10.0. The van der Waals surface area contributed by atoms with Crippen molar-refractivity contribution < 1.29 is 9.31 Å². The molecule has 0 amide bonds. The van der Waals surface area contributed by atoms with E-state index in [9.17, 15) is 14.5 Å². The molecule has 0 aliphatic heterocycles. The van der Waals surface area contributed by atoms with Crippen LogP contribution >= 0.6 is 0 Å². The Kier molecular flexibility index (Phi) is 2.23. The molecule has 0 saturated carbocycles. The van der Waals surface area contributed by atoms with Gasteiger partial charge in [0.05, 0.1) is 4.92 Å². The number of nitro groups is 1. The number of nitro benzene ring substituents is 1. The summed E-state index contributed by atoms with van der Waals surface area (Å²) < 4.78 is 12.8. The molecule has 0 saturated heterocycles. The molecule has 0 radical (unpaired) electrons. The van der Waals surface area contributed by atoms with Gasteiger partial charge in [0, 0.05) is 29.6 Å². The molecule has 0 atom stereocenters. The maximum Gasteiger partial charge on any atom is 0.305 e. The molecule has 1 aromatic rings. The summed E-state index contributed by atoms with van der Waals surface area (Å²) in [7, 11) is 0. The van der Waals surface area contributed by atoms with E-state index in [-0.39, 0.29) is 11.3 Å². The minimum atomic E-state index is -0.992. The first-order valence-corrected chi connectivity index (χ1v) is 3.30. The number of nitrogens with two attached hydrogens (primary N) is 1. The topological polar surface area (TPSA) is 93.0 Å². The molecule has 0 bridgehead atoms. The van der Waals surface area contributed by atoms with Crippen LogP contribution in [0.3, 0.4) is 0 Å². The van der Waals surface area contributed by atoms with Crippen molar-refractivity contribution in [2.75, 3.05) is 5.73 Å². The van der Waals surface area contributed by atoms with E-state index in [0.717, 1.165) is 18.3 Å². The predicted octanol–water partition coefficient (Wildman–Crippen LogP) is 1.31. The number of hydrogen-bond acceptors (Lipinski definition) is 4. The molecule has 1 aromatic carbocycles. The molecule has 0 aromatic heterocycles. The number of hydrogen-bond donors (Lipinski definition) is 2. The molecule has 3 N–H and O–H groups in total. The lowest BCUT2D eigenvalue weighted by molar-refractivity contribution is -0.387. The molecule has 5 nitrogen and oxygen atoms in total. The van der Waals surface area contributed by atoms with Crippen molar-refractivity contribution in [1.82, 2.24) is 0 Å². The van der Waals surface area contributed by atoms with Gasteiger partial charge in [-0.2, -0.15) is 4.39 Å². The predicted molar refractivity (Wildman–Crippen MR) is 45.4 cm³/mol. The van der Waals surface area contributed by atoms with Crippen LogP contribution in [-0.4, -0.2) is 11.1 Å². The van der Waals surface area contributed by atoms with Crippen LogP contribution in [0.4, 0.5) is 15.8 Å². The third kappa shape index (κ3) is 1.61. The van der Waals surface area contributed by atoms with Gasteiger partial charge in [-0.1, -0.05) is 0 Å². The molecule has 0 heterocycles. The number of nitrogens with one attached hydrogen (secondary N) is 1. The number of benzene rings is 1. The van der Waals surface area contributed by atoms with Crippen molar-refractivity contribution in [3.8, 4) is 0 Å². The number of anilines is 1. The SMILES string of the molecule is N=Cc1cc([N+](=O)[O-])c(F)cc1N. The Balaban J connectivity index is 3.38. The third-order valence-corrected chi connectivity index (χ3v) is 1.50. The third-order valence-electron chi connectivity index (χ3n) is 1.50. The van der Waals surface area contributed by atoms with E-state index in [1.807, 2.05) is 0 Å². The fourth-order valence-electron chi connectivity index (χ4n) is 0.858. The van der Waals surface area contributed by atoms with Crippen LogP contribution in [0.25, 0.3) is 0 Å². The molecule has 0 aliphatic rings. The summed E-state index contributed by atoms with van der Waals surface area (Å²) in [4.78, 5) is 9.39. The van der Waals surface area contributed by atoms with E-state index < -0.39 is 16.4 Å². The molecular weight excluding hydrogens is 177 g/mol. The van der Waals surface area contributed by atoms with Crippen LogP contribution in [0.1, 0.15) is 5.56 Å². The standard InChI is InChI=1S/C7H6FN3O2/c8-5-2-6(10)4(3-9)1-7(5)11(12)13/h1-3,9H,10H2. The lowest BCUT2D eigenvalue weighted by Crippen LogP contribution is -1.99. The summed E-state index contributed by atoms with van der Waals surface area (Å²) in [5.74, 6) is -0.992. The van der Waals surface area contributed by atoms with Crippen molar-refractivity contribution >= 4 is 17.6 Å². The average molecular weight is 183 g/mol. The second-order valence-electron chi connectivity index (χ2n) is 2.33. The van der Waals surface area contributed by atoms with E-state index >= 15 is 0 Å². The van der Waals surface area contributed by atoms with E-state index in [4.69, 9.17) is 11.1 Å². The van der Waals surface area contributed by atoms with Gasteiger partial charge >= 0.3 is 5.69 Å². The first-order valence-electron chi connectivity index (χ1n) is 3.30. The van der Waals surface area contributed by atoms with Gasteiger partial charge in [0.15, 0.2) is 0 Å². The Hall–Kier alpha value is -1.98. The molecule has 68 valence electrons. The number of nitrogen functional groups attached to an aromatic ring is 1. The summed E-state index contributed by atoms with van der Waals surface area (Å²) in [6.07, 6.45) is 0.835. The Morgan fingerprint density at radius 1 is 1.62 bits per heavy atom. The maximum atomic E-state index is 12.8. The monoisotopic (exact) mass is 183 g/mol. The van der Waals surface area contributed by atoms with Gasteiger partial charge < -0.3 is 11.1 Å². The molecule has 0 unspecified atom stereocenters. The Bertz CT molecular complexity index is 378. The zero-order valence-electron chi connectivity index (χ0n) is 6.45. The summed E-state index contributed by atoms with van der Waals surface area (Å²) in [6.45, 7) is 0. The lowest BCUT2D eigenvalue weighted by atomic mass is 10.1. The van der Waals surface area contributed by atoms with Gasteiger partial charge in [0.1, 0.15) is 0 Å². The van der Waals surface area contributed by atoms with Crippen LogP contribution < -0.4 is 5.73 Å². The molecule has 0 aliphatic carbocycles. The number of rotatable bonds is 2. The van der Waals surface area contributed by atoms with Crippen molar-refractivity contribution in [1.29, 1.82) is 5.41 Å². The van der Waals surface area contributed by atoms with Crippen LogP contribution in [0.15, 0.2) is 12.1 Å².